The lowest BCUT2D eigenvalue weighted by molar-refractivity contribution is -0.129. The summed E-state index contributed by atoms with van der Waals surface area (Å²) >= 11 is 12.0. The predicted octanol–water partition coefficient (Wildman–Crippen LogP) is 5.83. The lowest BCUT2D eigenvalue weighted by Gasteiger charge is -2.17. The Morgan fingerprint density at radius 2 is 1.79 bits per heavy atom. The third kappa shape index (κ3) is 7.40. The number of hydrogen-bond acceptors (Lipinski definition) is 4. The van der Waals surface area contributed by atoms with Crippen LogP contribution in [0.15, 0.2) is 77.9 Å². The molecule has 1 atom stereocenters. The Labute approximate surface area is 237 Å². The summed E-state index contributed by atoms with van der Waals surface area (Å²) in [6, 6.07) is 21.7. The number of halogens is 2. The smallest absolute Gasteiger partial charge is 0.262 e. The van der Waals surface area contributed by atoms with E-state index in [0.717, 1.165) is 27.7 Å². The third-order valence-electron chi connectivity index (χ3n) is 6.45. The van der Waals surface area contributed by atoms with Crippen molar-refractivity contribution >= 4 is 52.1 Å². The Balaban J connectivity index is 1.37. The van der Waals surface area contributed by atoms with E-state index in [4.69, 9.17) is 27.9 Å². The van der Waals surface area contributed by atoms with Crippen LogP contribution in [0.1, 0.15) is 29.7 Å². The zero-order chi connectivity index (χ0) is 27.8. The molecule has 0 bridgehead atoms. The summed E-state index contributed by atoms with van der Waals surface area (Å²) in [5.41, 5.74) is 6.58. The highest BCUT2D eigenvalue weighted by molar-refractivity contribution is 6.35. The van der Waals surface area contributed by atoms with Gasteiger partial charge >= 0.3 is 0 Å². The van der Waals surface area contributed by atoms with Gasteiger partial charge in [-0.3, -0.25) is 9.59 Å². The monoisotopic (exact) mass is 564 g/mol. The molecule has 0 fully saturated rings. The number of fused-ring (bicyclic) bond motifs is 1. The van der Waals surface area contributed by atoms with Gasteiger partial charge in [0.05, 0.1) is 17.8 Å². The van der Waals surface area contributed by atoms with Crippen molar-refractivity contribution in [3.63, 3.8) is 0 Å². The molecule has 4 rings (SSSR count). The van der Waals surface area contributed by atoms with Gasteiger partial charge in [0.1, 0.15) is 11.8 Å². The standard InChI is InChI=1S/C30H30Cl2N4O3/c1-20-24(23-11-6-7-12-27(23)36(20)2)19-33-35-30(38)26(17-21-9-4-3-5-10-21)34-29(37)13-8-16-39-28-15-14-22(31)18-25(28)32/h3-7,9-12,14-15,18-19,26H,8,13,16-17H2,1-2H3,(H,34,37)(H,35,38)/b33-19-/t26-/m0/s1. The largest absolute Gasteiger partial charge is 0.492 e. The summed E-state index contributed by atoms with van der Waals surface area (Å²) in [5.74, 6) is -0.154. The summed E-state index contributed by atoms with van der Waals surface area (Å²) in [4.78, 5) is 25.8. The van der Waals surface area contributed by atoms with Crippen LogP contribution in [0.4, 0.5) is 0 Å². The minimum atomic E-state index is -0.794. The van der Waals surface area contributed by atoms with Crippen LogP contribution >= 0.6 is 23.2 Å². The highest BCUT2D eigenvalue weighted by Gasteiger charge is 2.21. The average molecular weight is 566 g/mol. The molecule has 0 saturated carbocycles. The predicted molar refractivity (Wildman–Crippen MR) is 157 cm³/mol. The molecule has 1 aromatic heterocycles. The van der Waals surface area contributed by atoms with Gasteiger partial charge in [-0.1, -0.05) is 71.7 Å². The van der Waals surface area contributed by atoms with Crippen molar-refractivity contribution in [2.45, 2.75) is 32.2 Å². The van der Waals surface area contributed by atoms with Gasteiger partial charge in [-0.05, 0) is 43.2 Å². The van der Waals surface area contributed by atoms with E-state index in [9.17, 15) is 9.59 Å². The van der Waals surface area contributed by atoms with E-state index in [1.165, 1.54) is 0 Å². The summed E-state index contributed by atoms with van der Waals surface area (Å²) in [6.07, 6.45) is 2.61. The van der Waals surface area contributed by atoms with E-state index in [2.05, 4.69) is 20.4 Å². The molecule has 0 aliphatic rings. The van der Waals surface area contributed by atoms with E-state index in [1.54, 1.807) is 24.4 Å². The van der Waals surface area contributed by atoms with Crippen LogP contribution in [-0.4, -0.2) is 35.2 Å². The number of aromatic nitrogens is 1. The number of hydrogen-bond donors (Lipinski definition) is 2. The van der Waals surface area contributed by atoms with Gasteiger partial charge in [0.25, 0.3) is 5.91 Å². The van der Waals surface area contributed by atoms with E-state index >= 15 is 0 Å². The fraction of sp³-hybridized carbons (Fsp3) is 0.233. The second kappa shape index (κ2) is 13.3. The number of rotatable bonds is 11. The molecule has 2 N–H and O–H groups in total. The minimum absolute atomic E-state index is 0.183. The third-order valence-corrected chi connectivity index (χ3v) is 6.98. The highest BCUT2D eigenvalue weighted by atomic mass is 35.5. The maximum atomic E-state index is 13.1. The lowest BCUT2D eigenvalue weighted by atomic mass is 10.1. The normalized spacial score (nSPS) is 12.0. The second-order valence-corrected chi connectivity index (χ2v) is 9.99. The van der Waals surface area contributed by atoms with Crippen LogP contribution in [0, 0.1) is 6.92 Å². The van der Waals surface area contributed by atoms with Gasteiger partial charge in [-0.25, -0.2) is 5.43 Å². The Morgan fingerprint density at radius 3 is 2.56 bits per heavy atom. The molecule has 0 aliphatic heterocycles. The van der Waals surface area contributed by atoms with E-state index in [-0.39, 0.29) is 12.3 Å². The number of nitrogens with one attached hydrogen (secondary N) is 2. The zero-order valence-corrected chi connectivity index (χ0v) is 23.3. The second-order valence-electron chi connectivity index (χ2n) is 9.15. The van der Waals surface area contributed by atoms with Crippen molar-refractivity contribution in [2.75, 3.05) is 6.61 Å². The van der Waals surface area contributed by atoms with E-state index in [0.29, 0.717) is 35.2 Å². The summed E-state index contributed by atoms with van der Waals surface area (Å²) in [5, 5.41) is 9.05. The molecule has 0 aliphatic carbocycles. The maximum absolute atomic E-state index is 13.1. The molecule has 39 heavy (non-hydrogen) atoms. The van der Waals surface area contributed by atoms with Gasteiger partial charge in [0.15, 0.2) is 0 Å². The van der Waals surface area contributed by atoms with Crippen LogP contribution in [0.2, 0.25) is 10.0 Å². The molecule has 0 spiro atoms. The van der Waals surface area contributed by atoms with Gasteiger partial charge in [0.2, 0.25) is 5.91 Å². The van der Waals surface area contributed by atoms with Crippen LogP contribution < -0.4 is 15.5 Å². The average Bonchev–Trinajstić information content (AvgIpc) is 3.17. The van der Waals surface area contributed by atoms with Crippen molar-refractivity contribution in [1.29, 1.82) is 0 Å². The van der Waals surface area contributed by atoms with Crippen LogP contribution in [0.5, 0.6) is 5.75 Å². The first-order valence-electron chi connectivity index (χ1n) is 12.6. The summed E-state index contributed by atoms with van der Waals surface area (Å²) in [6.45, 7) is 2.30. The fourth-order valence-corrected chi connectivity index (χ4v) is 4.75. The molecule has 9 heteroatoms. The topological polar surface area (TPSA) is 84.7 Å². The number of benzene rings is 3. The maximum Gasteiger partial charge on any atom is 0.262 e. The van der Waals surface area contributed by atoms with E-state index < -0.39 is 11.9 Å². The van der Waals surface area contributed by atoms with E-state index in [1.807, 2.05) is 68.6 Å². The quantitative estimate of drug-likeness (QED) is 0.136. The van der Waals surface area contributed by atoms with Crippen molar-refractivity contribution in [3.8, 4) is 5.75 Å². The van der Waals surface area contributed by atoms with Gasteiger partial charge in [-0.15, -0.1) is 0 Å². The number of hydrazone groups is 1. The van der Waals surface area contributed by atoms with Crippen LogP contribution in [-0.2, 0) is 23.1 Å². The number of ether oxygens (including phenoxy) is 1. The lowest BCUT2D eigenvalue weighted by Crippen LogP contribution is -2.46. The Bertz CT molecular complexity index is 1480. The first kappa shape index (κ1) is 28.2. The van der Waals surface area contributed by atoms with Gasteiger partial charge < -0.3 is 14.6 Å². The minimum Gasteiger partial charge on any atom is -0.492 e. The molecule has 7 nitrogen and oxygen atoms in total. The summed E-state index contributed by atoms with van der Waals surface area (Å²) in [7, 11) is 1.99. The first-order chi connectivity index (χ1) is 18.8. The molecule has 1 heterocycles. The number of carbonyl (C=O) groups is 2. The molecule has 0 saturated heterocycles. The molecule has 4 aromatic rings. The Hall–Kier alpha value is -3.81. The first-order valence-corrected chi connectivity index (χ1v) is 13.4. The number of para-hydroxylation sites is 1. The molecule has 202 valence electrons. The fourth-order valence-electron chi connectivity index (χ4n) is 4.28. The van der Waals surface area contributed by atoms with Crippen molar-refractivity contribution in [2.24, 2.45) is 12.1 Å². The number of amides is 2. The Kier molecular flexibility index (Phi) is 9.63. The highest BCUT2D eigenvalue weighted by Crippen LogP contribution is 2.27. The number of nitrogens with zero attached hydrogens (tertiary/aromatic N) is 2. The Morgan fingerprint density at radius 1 is 1.05 bits per heavy atom. The summed E-state index contributed by atoms with van der Waals surface area (Å²) < 4.78 is 7.74. The number of aryl methyl sites for hydroxylation is 1. The SMILES string of the molecule is Cc1c(/C=N\NC(=O)[C@H](Cc2ccccc2)NC(=O)CCCOc2ccc(Cl)cc2Cl)c2ccccc2n1C. The molecular weight excluding hydrogens is 535 g/mol. The van der Waals surface area contributed by atoms with Crippen LogP contribution in [0.25, 0.3) is 10.9 Å². The molecule has 0 unspecified atom stereocenters. The number of carbonyl (C=O) groups excluding carboxylic acids is 2. The molecule has 2 amide bonds. The van der Waals surface area contributed by atoms with Crippen molar-refractivity contribution in [3.05, 3.63) is 99.7 Å². The van der Waals surface area contributed by atoms with Gasteiger partial charge in [0, 0.05) is 47.1 Å². The van der Waals surface area contributed by atoms with Crippen LogP contribution in [0.3, 0.4) is 0 Å². The van der Waals surface area contributed by atoms with Gasteiger partial charge in [-0.2, -0.15) is 5.10 Å². The van der Waals surface area contributed by atoms with Crippen molar-refractivity contribution < 1.29 is 14.3 Å². The molecule has 0 radical (unpaired) electrons. The zero-order valence-electron chi connectivity index (χ0n) is 21.8. The molecular formula is C30H30Cl2N4O3. The molecule has 3 aromatic carbocycles. The van der Waals surface area contributed by atoms with Crippen molar-refractivity contribution in [1.82, 2.24) is 15.3 Å².